The van der Waals surface area contributed by atoms with Gasteiger partial charge in [0.25, 0.3) is 5.97 Å². The van der Waals surface area contributed by atoms with Crippen LogP contribution in [0.1, 0.15) is 19.0 Å². The van der Waals surface area contributed by atoms with Crippen molar-refractivity contribution < 1.29 is 9.90 Å². The summed E-state index contributed by atoms with van der Waals surface area (Å²) in [6, 6.07) is 25.4. The Hall–Kier alpha value is -2.85. The van der Waals surface area contributed by atoms with Crippen LogP contribution in [0.15, 0.2) is 72.8 Å². The monoisotopic (exact) mass is 336 g/mol. The molecule has 4 heteroatoms. The molecule has 0 radical (unpaired) electrons. The van der Waals surface area contributed by atoms with Gasteiger partial charge >= 0.3 is 0 Å². The quantitative estimate of drug-likeness (QED) is 0.736. The molecule has 130 valence electrons. The zero-order valence-corrected chi connectivity index (χ0v) is 14.4. The fraction of sp³-hybridized carbons (Fsp3) is 0.190. The van der Waals surface area contributed by atoms with Crippen LogP contribution in [0.3, 0.4) is 0 Å². The lowest BCUT2D eigenvalue weighted by molar-refractivity contribution is -0.134. The number of aromatic nitrogens is 1. The van der Waals surface area contributed by atoms with Gasteiger partial charge in [-0.25, -0.2) is 0 Å². The van der Waals surface area contributed by atoms with Gasteiger partial charge < -0.3 is 15.4 Å². The van der Waals surface area contributed by atoms with Crippen molar-refractivity contribution >= 4 is 5.97 Å². The molecule has 0 saturated heterocycles. The molecule has 0 atom stereocenters. The van der Waals surface area contributed by atoms with Gasteiger partial charge in [0.15, 0.2) is 0 Å². The van der Waals surface area contributed by atoms with Crippen molar-refractivity contribution in [2.45, 2.75) is 19.8 Å². The van der Waals surface area contributed by atoms with Crippen molar-refractivity contribution in [2.24, 2.45) is 5.73 Å². The summed E-state index contributed by atoms with van der Waals surface area (Å²) in [6.07, 6.45) is 2.00. The maximum atomic E-state index is 9.00. The maximum Gasteiger partial charge on any atom is 0.300 e. The molecular formula is C21H24N2O2. The second-order valence-electron chi connectivity index (χ2n) is 5.66. The van der Waals surface area contributed by atoms with Crippen molar-refractivity contribution in [1.82, 2.24) is 4.57 Å². The van der Waals surface area contributed by atoms with Crippen LogP contribution in [0.25, 0.3) is 16.9 Å². The Morgan fingerprint density at radius 3 is 2.08 bits per heavy atom. The molecule has 0 unspecified atom stereocenters. The third-order valence-electron chi connectivity index (χ3n) is 3.68. The molecule has 0 fully saturated rings. The van der Waals surface area contributed by atoms with Crippen molar-refractivity contribution in [2.75, 3.05) is 6.54 Å². The summed E-state index contributed by atoms with van der Waals surface area (Å²) in [7, 11) is 0. The smallest absolute Gasteiger partial charge is 0.300 e. The number of carboxylic acid groups (broad SMARTS) is 1. The number of hydrogen-bond donors (Lipinski definition) is 2. The third kappa shape index (κ3) is 5.33. The van der Waals surface area contributed by atoms with Gasteiger partial charge in [-0.3, -0.25) is 4.79 Å². The molecule has 2 aromatic carbocycles. The van der Waals surface area contributed by atoms with Crippen LogP contribution >= 0.6 is 0 Å². The van der Waals surface area contributed by atoms with Gasteiger partial charge in [0.05, 0.1) is 5.69 Å². The molecular weight excluding hydrogens is 312 g/mol. The van der Waals surface area contributed by atoms with Gasteiger partial charge in [0.1, 0.15) is 0 Å². The second kappa shape index (κ2) is 9.45. The third-order valence-corrected chi connectivity index (χ3v) is 3.68. The fourth-order valence-corrected chi connectivity index (χ4v) is 2.67. The maximum absolute atomic E-state index is 9.00. The number of aliphatic carboxylic acids is 1. The highest BCUT2D eigenvalue weighted by Crippen LogP contribution is 2.27. The number of hydrogen-bond acceptors (Lipinski definition) is 2. The lowest BCUT2D eigenvalue weighted by atomic mass is 10.1. The van der Waals surface area contributed by atoms with E-state index in [4.69, 9.17) is 15.6 Å². The van der Waals surface area contributed by atoms with E-state index in [9.17, 15) is 0 Å². The van der Waals surface area contributed by atoms with E-state index >= 15 is 0 Å². The summed E-state index contributed by atoms with van der Waals surface area (Å²) in [5, 5.41) is 7.42. The van der Waals surface area contributed by atoms with Crippen molar-refractivity contribution in [3.63, 3.8) is 0 Å². The second-order valence-corrected chi connectivity index (χ2v) is 5.66. The molecule has 3 N–H and O–H groups in total. The molecule has 0 aliphatic heterocycles. The molecule has 3 rings (SSSR count). The summed E-state index contributed by atoms with van der Waals surface area (Å²) < 4.78 is 2.34. The number of carboxylic acids is 1. The molecule has 0 amide bonds. The van der Waals surface area contributed by atoms with Gasteiger partial charge in [0.2, 0.25) is 0 Å². The first-order valence-electron chi connectivity index (χ1n) is 8.34. The average Bonchev–Trinajstić information content (AvgIpc) is 3.05. The number of nitrogens with zero attached hydrogens (tertiary/aromatic N) is 1. The highest BCUT2D eigenvalue weighted by molar-refractivity contribution is 5.64. The lowest BCUT2D eigenvalue weighted by Gasteiger charge is -2.14. The minimum Gasteiger partial charge on any atom is -0.481 e. The van der Waals surface area contributed by atoms with Crippen molar-refractivity contribution in [1.29, 1.82) is 0 Å². The van der Waals surface area contributed by atoms with Gasteiger partial charge in [-0.15, -0.1) is 0 Å². The van der Waals surface area contributed by atoms with Crippen molar-refractivity contribution in [3.05, 3.63) is 78.5 Å². The van der Waals surface area contributed by atoms with Gasteiger partial charge in [0, 0.05) is 18.3 Å². The van der Waals surface area contributed by atoms with Gasteiger partial charge in [-0.05, 0) is 49.2 Å². The number of carbonyl (C=O) groups is 1. The number of aryl methyl sites for hydroxylation is 1. The van der Waals surface area contributed by atoms with Crippen LogP contribution in [0.2, 0.25) is 0 Å². The Bertz CT molecular complexity index is 776. The summed E-state index contributed by atoms with van der Waals surface area (Å²) in [5.74, 6) is -0.833. The topological polar surface area (TPSA) is 68.2 Å². The number of benzene rings is 2. The minimum atomic E-state index is -0.833. The Balaban J connectivity index is 0.000000511. The average molecular weight is 336 g/mol. The molecule has 1 aromatic heterocycles. The molecule has 4 nitrogen and oxygen atoms in total. The minimum absolute atomic E-state index is 0.723. The molecule has 0 aliphatic carbocycles. The normalized spacial score (nSPS) is 10.0. The lowest BCUT2D eigenvalue weighted by Crippen LogP contribution is -2.05. The summed E-state index contributed by atoms with van der Waals surface area (Å²) in [4.78, 5) is 9.00. The van der Waals surface area contributed by atoms with E-state index in [1.54, 1.807) is 0 Å². The predicted molar refractivity (Wildman–Crippen MR) is 102 cm³/mol. The van der Waals surface area contributed by atoms with Gasteiger partial charge in [-0.1, -0.05) is 48.5 Å². The van der Waals surface area contributed by atoms with Gasteiger partial charge in [-0.2, -0.15) is 0 Å². The largest absolute Gasteiger partial charge is 0.481 e. The van der Waals surface area contributed by atoms with E-state index in [1.165, 1.54) is 22.6 Å². The van der Waals surface area contributed by atoms with Crippen LogP contribution < -0.4 is 5.73 Å². The molecule has 25 heavy (non-hydrogen) atoms. The van der Waals surface area contributed by atoms with E-state index in [0.29, 0.717) is 0 Å². The summed E-state index contributed by atoms with van der Waals surface area (Å²) >= 11 is 0. The molecule has 0 aliphatic rings. The van der Waals surface area contributed by atoms with Crippen LogP contribution in [0.4, 0.5) is 0 Å². The molecule has 0 bridgehead atoms. The first-order chi connectivity index (χ1) is 12.1. The number of para-hydroxylation sites is 1. The summed E-state index contributed by atoms with van der Waals surface area (Å²) in [5.41, 5.74) is 10.7. The van der Waals surface area contributed by atoms with Crippen LogP contribution in [0, 0.1) is 0 Å². The molecule has 3 aromatic rings. The number of rotatable bonds is 5. The molecule has 0 spiro atoms. The number of nitrogens with two attached hydrogens (primary N) is 1. The highest BCUT2D eigenvalue weighted by atomic mass is 16.4. The molecule has 0 saturated carbocycles. The van der Waals surface area contributed by atoms with E-state index in [2.05, 4.69) is 77.4 Å². The standard InChI is InChI=1S/C19H20N2.C2H4O2/c20-15-7-12-18-13-14-19(16-8-3-1-4-9-16)21(18)17-10-5-2-6-11-17;1-2(3)4/h1-6,8-11,13-14H,7,12,15,20H2;1H3,(H,3,4). The zero-order valence-electron chi connectivity index (χ0n) is 14.4. The summed E-state index contributed by atoms with van der Waals surface area (Å²) in [6.45, 7) is 1.81. The first-order valence-corrected chi connectivity index (χ1v) is 8.34. The Morgan fingerprint density at radius 2 is 1.52 bits per heavy atom. The zero-order chi connectivity index (χ0) is 18.1. The Morgan fingerprint density at radius 1 is 0.960 bits per heavy atom. The van der Waals surface area contributed by atoms with Crippen LogP contribution in [-0.2, 0) is 11.2 Å². The van der Waals surface area contributed by atoms with E-state index in [0.717, 1.165) is 26.3 Å². The van der Waals surface area contributed by atoms with E-state index in [-0.39, 0.29) is 0 Å². The first kappa shape index (κ1) is 18.5. The highest BCUT2D eigenvalue weighted by Gasteiger charge is 2.11. The molecule has 1 heterocycles. The van der Waals surface area contributed by atoms with Crippen LogP contribution in [0.5, 0.6) is 0 Å². The van der Waals surface area contributed by atoms with Crippen molar-refractivity contribution in [3.8, 4) is 16.9 Å². The van der Waals surface area contributed by atoms with E-state index < -0.39 is 5.97 Å². The van der Waals surface area contributed by atoms with E-state index in [1.807, 2.05) is 0 Å². The Labute approximate surface area is 148 Å². The van der Waals surface area contributed by atoms with Crippen LogP contribution in [-0.4, -0.2) is 22.2 Å². The SMILES string of the molecule is CC(=O)O.NCCCc1ccc(-c2ccccc2)n1-c1ccccc1. The fourth-order valence-electron chi connectivity index (χ4n) is 2.67. The Kier molecular flexibility index (Phi) is 6.99. The predicted octanol–water partition coefficient (Wildman–Crippen LogP) is 4.13.